The molecular weight excluding hydrogens is 296 g/mol. The number of carbonyl (C=O) groups excluding carboxylic acids is 1. The first kappa shape index (κ1) is 15.2. The van der Waals surface area contributed by atoms with E-state index < -0.39 is 0 Å². The van der Waals surface area contributed by atoms with Gasteiger partial charge in [0.05, 0.1) is 13.1 Å². The third-order valence-electron chi connectivity index (χ3n) is 3.46. The fourth-order valence-corrected chi connectivity index (χ4v) is 2.38. The molecule has 122 valence electrons. The largest absolute Gasteiger partial charge is 0.486 e. The fraction of sp³-hybridized carbons (Fsp3) is 0.375. The topological polar surface area (TPSA) is 77.4 Å². The summed E-state index contributed by atoms with van der Waals surface area (Å²) in [5, 5.41) is 9.79. The molecule has 7 nitrogen and oxygen atoms in total. The highest BCUT2D eigenvalue weighted by molar-refractivity contribution is 5.74. The lowest BCUT2D eigenvalue weighted by molar-refractivity contribution is 0.0917. The Hall–Kier alpha value is -2.70. The Labute approximate surface area is 134 Å². The van der Waals surface area contributed by atoms with Crippen LogP contribution in [0.3, 0.4) is 0 Å². The third-order valence-corrected chi connectivity index (χ3v) is 3.46. The number of carbonyl (C=O) groups is 1. The molecule has 2 amide bonds. The van der Waals surface area contributed by atoms with Gasteiger partial charge in [-0.3, -0.25) is 4.68 Å². The van der Waals surface area contributed by atoms with Crippen molar-refractivity contribution in [1.29, 1.82) is 0 Å². The van der Waals surface area contributed by atoms with Crippen molar-refractivity contribution in [3.05, 3.63) is 42.7 Å². The van der Waals surface area contributed by atoms with Gasteiger partial charge in [0, 0.05) is 18.4 Å². The number of aromatic nitrogens is 2. The number of nitrogens with one attached hydrogen (secondary N) is 2. The summed E-state index contributed by atoms with van der Waals surface area (Å²) in [5.41, 5.74) is 0. The highest BCUT2D eigenvalue weighted by Crippen LogP contribution is 2.30. The molecule has 0 bridgehead atoms. The maximum absolute atomic E-state index is 11.9. The average molecular weight is 316 g/mol. The molecule has 1 aliphatic rings. The third kappa shape index (κ3) is 4.15. The van der Waals surface area contributed by atoms with E-state index in [1.807, 2.05) is 43.5 Å². The van der Waals surface area contributed by atoms with Crippen molar-refractivity contribution in [2.75, 3.05) is 13.2 Å². The Morgan fingerprint density at radius 2 is 2.22 bits per heavy atom. The zero-order valence-electron chi connectivity index (χ0n) is 12.9. The molecule has 0 saturated heterocycles. The van der Waals surface area contributed by atoms with Gasteiger partial charge in [0.25, 0.3) is 0 Å². The minimum atomic E-state index is -0.230. The van der Waals surface area contributed by atoms with E-state index in [-0.39, 0.29) is 18.2 Å². The minimum absolute atomic E-state index is 0.0286. The van der Waals surface area contributed by atoms with Crippen LogP contribution in [-0.2, 0) is 6.54 Å². The Bertz CT molecular complexity index is 645. The fourth-order valence-electron chi connectivity index (χ4n) is 2.38. The van der Waals surface area contributed by atoms with Crippen LogP contribution in [0.1, 0.15) is 6.92 Å². The second kappa shape index (κ2) is 7.04. The molecule has 0 radical (unpaired) electrons. The molecule has 23 heavy (non-hydrogen) atoms. The van der Waals surface area contributed by atoms with Crippen molar-refractivity contribution >= 4 is 6.03 Å². The van der Waals surface area contributed by atoms with Crippen LogP contribution in [0, 0.1) is 0 Å². The maximum atomic E-state index is 11.9. The Morgan fingerprint density at radius 3 is 3.00 bits per heavy atom. The summed E-state index contributed by atoms with van der Waals surface area (Å²) < 4.78 is 13.2. The summed E-state index contributed by atoms with van der Waals surface area (Å²) >= 11 is 0. The molecule has 0 unspecified atom stereocenters. The molecule has 0 aliphatic carbocycles. The van der Waals surface area contributed by atoms with Gasteiger partial charge in [0.2, 0.25) is 0 Å². The van der Waals surface area contributed by atoms with Crippen LogP contribution in [0.25, 0.3) is 0 Å². The van der Waals surface area contributed by atoms with Gasteiger partial charge in [-0.2, -0.15) is 5.10 Å². The van der Waals surface area contributed by atoms with Crippen molar-refractivity contribution in [2.45, 2.75) is 25.6 Å². The lowest BCUT2D eigenvalue weighted by atomic mass is 10.2. The van der Waals surface area contributed by atoms with Crippen LogP contribution in [0.5, 0.6) is 11.5 Å². The SMILES string of the molecule is C[C@@H](Cn1cccn1)NC(=O)NC[C@H]1COc2ccccc2O1. The first-order chi connectivity index (χ1) is 11.2. The molecule has 1 aromatic heterocycles. The van der Waals surface area contributed by atoms with Crippen LogP contribution >= 0.6 is 0 Å². The van der Waals surface area contributed by atoms with E-state index in [0.29, 0.717) is 25.4 Å². The monoisotopic (exact) mass is 316 g/mol. The second-order valence-corrected chi connectivity index (χ2v) is 5.48. The van der Waals surface area contributed by atoms with E-state index in [2.05, 4.69) is 15.7 Å². The van der Waals surface area contributed by atoms with Gasteiger partial charge in [0.15, 0.2) is 17.6 Å². The lowest BCUT2D eigenvalue weighted by Crippen LogP contribution is -2.47. The molecular formula is C16H20N4O3. The Balaban J connectivity index is 1.41. The average Bonchev–Trinajstić information content (AvgIpc) is 3.05. The zero-order chi connectivity index (χ0) is 16.1. The first-order valence-corrected chi connectivity index (χ1v) is 7.61. The standard InChI is InChI=1S/C16H20N4O3/c1-12(10-20-8-4-7-18-20)19-16(21)17-9-13-11-22-14-5-2-3-6-15(14)23-13/h2-8,12-13H,9-11H2,1H3,(H2,17,19,21)/t12-,13-/m0/s1. The number of ether oxygens (including phenoxy) is 2. The van der Waals surface area contributed by atoms with Gasteiger partial charge in [-0.05, 0) is 25.1 Å². The van der Waals surface area contributed by atoms with E-state index in [1.54, 1.807) is 10.9 Å². The molecule has 2 aromatic rings. The number of para-hydroxylation sites is 2. The van der Waals surface area contributed by atoms with E-state index in [0.717, 1.165) is 5.75 Å². The van der Waals surface area contributed by atoms with Gasteiger partial charge in [-0.25, -0.2) is 4.79 Å². The minimum Gasteiger partial charge on any atom is -0.486 e. The molecule has 2 N–H and O–H groups in total. The number of benzene rings is 1. The van der Waals surface area contributed by atoms with Crippen LogP contribution in [-0.4, -0.2) is 41.1 Å². The van der Waals surface area contributed by atoms with E-state index in [4.69, 9.17) is 9.47 Å². The summed E-state index contributed by atoms with van der Waals surface area (Å²) in [5.74, 6) is 1.44. The number of hydrogen-bond donors (Lipinski definition) is 2. The maximum Gasteiger partial charge on any atom is 0.315 e. The molecule has 7 heteroatoms. The molecule has 1 aliphatic heterocycles. The molecule has 2 heterocycles. The van der Waals surface area contributed by atoms with Crippen LogP contribution in [0.15, 0.2) is 42.7 Å². The summed E-state index contributed by atoms with van der Waals surface area (Å²) in [6.07, 6.45) is 3.38. The molecule has 3 rings (SSSR count). The summed E-state index contributed by atoms with van der Waals surface area (Å²) in [6.45, 7) is 3.35. The molecule has 2 atom stereocenters. The number of nitrogens with zero attached hydrogens (tertiary/aromatic N) is 2. The van der Waals surface area contributed by atoms with Gasteiger partial charge in [-0.1, -0.05) is 12.1 Å². The predicted molar refractivity (Wildman–Crippen MR) is 84.6 cm³/mol. The summed E-state index contributed by atoms with van der Waals surface area (Å²) in [4.78, 5) is 11.9. The smallest absolute Gasteiger partial charge is 0.315 e. The highest BCUT2D eigenvalue weighted by atomic mass is 16.6. The predicted octanol–water partition coefficient (Wildman–Crippen LogP) is 1.41. The van der Waals surface area contributed by atoms with E-state index in [9.17, 15) is 4.79 Å². The van der Waals surface area contributed by atoms with E-state index >= 15 is 0 Å². The number of amides is 2. The van der Waals surface area contributed by atoms with Crippen molar-refractivity contribution in [2.24, 2.45) is 0 Å². The highest BCUT2D eigenvalue weighted by Gasteiger charge is 2.21. The number of hydrogen-bond acceptors (Lipinski definition) is 4. The molecule has 1 aromatic carbocycles. The Morgan fingerprint density at radius 1 is 1.39 bits per heavy atom. The number of rotatable bonds is 5. The normalized spacial score (nSPS) is 17.3. The second-order valence-electron chi connectivity index (χ2n) is 5.48. The molecule has 0 spiro atoms. The first-order valence-electron chi connectivity index (χ1n) is 7.61. The molecule has 0 saturated carbocycles. The van der Waals surface area contributed by atoms with Gasteiger partial charge < -0.3 is 20.1 Å². The van der Waals surface area contributed by atoms with Gasteiger partial charge in [-0.15, -0.1) is 0 Å². The van der Waals surface area contributed by atoms with Gasteiger partial charge in [0.1, 0.15) is 6.61 Å². The molecule has 0 fully saturated rings. The number of fused-ring (bicyclic) bond motifs is 1. The van der Waals surface area contributed by atoms with E-state index in [1.165, 1.54) is 0 Å². The number of urea groups is 1. The van der Waals surface area contributed by atoms with Crippen molar-refractivity contribution in [1.82, 2.24) is 20.4 Å². The zero-order valence-corrected chi connectivity index (χ0v) is 12.9. The van der Waals surface area contributed by atoms with Crippen molar-refractivity contribution in [3.63, 3.8) is 0 Å². The quantitative estimate of drug-likeness (QED) is 0.874. The Kier molecular flexibility index (Phi) is 4.65. The summed E-state index contributed by atoms with van der Waals surface area (Å²) in [7, 11) is 0. The van der Waals surface area contributed by atoms with Crippen molar-refractivity contribution in [3.8, 4) is 11.5 Å². The summed E-state index contributed by atoms with van der Waals surface area (Å²) in [6, 6.07) is 9.10. The van der Waals surface area contributed by atoms with Crippen LogP contribution in [0.2, 0.25) is 0 Å². The van der Waals surface area contributed by atoms with Crippen LogP contribution in [0.4, 0.5) is 4.79 Å². The lowest BCUT2D eigenvalue weighted by Gasteiger charge is -2.26. The van der Waals surface area contributed by atoms with Gasteiger partial charge >= 0.3 is 6.03 Å². The van der Waals surface area contributed by atoms with Crippen LogP contribution < -0.4 is 20.1 Å². The van der Waals surface area contributed by atoms with Crippen molar-refractivity contribution < 1.29 is 14.3 Å².